The Morgan fingerprint density at radius 2 is 0.816 bits per heavy atom. The van der Waals surface area contributed by atoms with E-state index in [1.54, 1.807) is 62.8 Å². The first-order chi connectivity index (χ1) is 18.5. The molecule has 0 fully saturated rings. The molecule has 0 N–H and O–H groups in total. The summed E-state index contributed by atoms with van der Waals surface area (Å²) in [5.74, 6) is 1.59. The van der Waals surface area contributed by atoms with Crippen molar-refractivity contribution in [2.45, 2.75) is 9.79 Å². The predicted molar refractivity (Wildman–Crippen MR) is 151 cm³/mol. The van der Waals surface area contributed by atoms with Gasteiger partial charge in [0.25, 0.3) is 0 Å². The number of carbonyl (C=O) groups is 2. The smallest absolute Gasteiger partial charge is 0.194 e. The molecule has 0 aliphatic carbocycles. The van der Waals surface area contributed by atoms with Gasteiger partial charge in [-0.2, -0.15) is 0 Å². The van der Waals surface area contributed by atoms with Crippen LogP contribution in [0.3, 0.4) is 0 Å². The van der Waals surface area contributed by atoms with E-state index in [1.165, 1.54) is 35.8 Å². The normalized spacial score (nSPS) is 10.5. The summed E-state index contributed by atoms with van der Waals surface area (Å²) in [7, 11) is 8.83. The Morgan fingerprint density at radius 3 is 1.13 bits per heavy atom. The zero-order valence-electron chi connectivity index (χ0n) is 21.3. The molecule has 0 saturated heterocycles. The lowest BCUT2D eigenvalue weighted by atomic mass is 10.0. The van der Waals surface area contributed by atoms with Crippen LogP contribution in [0.5, 0.6) is 23.0 Å². The van der Waals surface area contributed by atoms with Crippen molar-refractivity contribution in [3.05, 3.63) is 107 Å². The quantitative estimate of drug-likeness (QED) is 0.147. The molecular formula is C30H26O6S2. The molecule has 194 valence electrons. The fourth-order valence-corrected chi connectivity index (χ4v) is 6.13. The van der Waals surface area contributed by atoms with Crippen molar-refractivity contribution in [2.75, 3.05) is 28.4 Å². The Hall–Kier alpha value is -3.88. The minimum atomic E-state index is -0.150. The van der Waals surface area contributed by atoms with Crippen LogP contribution in [-0.2, 0) is 0 Å². The van der Waals surface area contributed by atoms with Gasteiger partial charge in [-0.1, -0.05) is 82.3 Å². The van der Waals surface area contributed by atoms with Crippen LogP contribution in [0.15, 0.2) is 94.7 Å². The second-order valence-electron chi connectivity index (χ2n) is 7.96. The van der Waals surface area contributed by atoms with Gasteiger partial charge in [-0.3, -0.25) is 9.59 Å². The van der Waals surface area contributed by atoms with Gasteiger partial charge in [-0.05, 0) is 24.3 Å². The van der Waals surface area contributed by atoms with Crippen LogP contribution < -0.4 is 18.9 Å². The molecular weight excluding hydrogens is 520 g/mol. The van der Waals surface area contributed by atoms with Crippen molar-refractivity contribution < 1.29 is 28.5 Å². The first-order valence-corrected chi connectivity index (χ1v) is 13.7. The molecule has 0 saturated carbocycles. The van der Waals surface area contributed by atoms with Crippen LogP contribution in [0, 0.1) is 0 Å². The Kier molecular flexibility index (Phi) is 8.99. The fraction of sp³-hybridized carbons (Fsp3) is 0.133. The summed E-state index contributed by atoms with van der Waals surface area (Å²) in [5, 5.41) is 0. The molecule has 8 heteroatoms. The molecule has 0 spiro atoms. The maximum atomic E-state index is 13.5. The zero-order chi connectivity index (χ0) is 27.1. The van der Waals surface area contributed by atoms with Crippen LogP contribution in [0.2, 0.25) is 0 Å². The first kappa shape index (κ1) is 27.2. The Balaban J connectivity index is 1.77. The van der Waals surface area contributed by atoms with Crippen molar-refractivity contribution in [1.82, 2.24) is 0 Å². The minimum Gasteiger partial charge on any atom is -0.493 e. The first-order valence-electron chi connectivity index (χ1n) is 11.6. The summed E-state index contributed by atoms with van der Waals surface area (Å²) >= 11 is 0. The van der Waals surface area contributed by atoms with Crippen LogP contribution in [0.1, 0.15) is 31.8 Å². The Morgan fingerprint density at radius 1 is 0.500 bits per heavy atom. The van der Waals surface area contributed by atoms with Gasteiger partial charge < -0.3 is 18.9 Å². The Labute approximate surface area is 229 Å². The van der Waals surface area contributed by atoms with Crippen molar-refractivity contribution >= 4 is 33.2 Å². The van der Waals surface area contributed by atoms with Crippen LogP contribution >= 0.6 is 21.6 Å². The summed E-state index contributed by atoms with van der Waals surface area (Å²) in [6.45, 7) is 0. The number of hydrogen-bond acceptors (Lipinski definition) is 8. The van der Waals surface area contributed by atoms with Gasteiger partial charge in [-0.25, -0.2) is 0 Å². The van der Waals surface area contributed by atoms with Crippen molar-refractivity contribution in [1.29, 1.82) is 0 Å². The van der Waals surface area contributed by atoms with Gasteiger partial charge >= 0.3 is 0 Å². The molecule has 0 unspecified atom stereocenters. The molecule has 38 heavy (non-hydrogen) atoms. The number of carbonyl (C=O) groups excluding carboxylic acids is 2. The van der Waals surface area contributed by atoms with Gasteiger partial charge in [0.05, 0.1) is 28.4 Å². The summed E-state index contributed by atoms with van der Waals surface area (Å²) in [4.78, 5) is 28.3. The molecule has 0 atom stereocenters. The van der Waals surface area contributed by atoms with E-state index >= 15 is 0 Å². The summed E-state index contributed by atoms with van der Waals surface area (Å²) in [5.41, 5.74) is 2.03. The van der Waals surface area contributed by atoms with Gasteiger partial charge in [0.1, 0.15) is 0 Å². The number of ketones is 2. The topological polar surface area (TPSA) is 71.1 Å². The van der Waals surface area contributed by atoms with E-state index in [1.807, 2.05) is 36.4 Å². The number of ether oxygens (including phenoxy) is 4. The molecule has 0 amide bonds. The second-order valence-corrected chi connectivity index (χ2v) is 10.2. The van der Waals surface area contributed by atoms with Crippen LogP contribution in [-0.4, -0.2) is 40.0 Å². The summed E-state index contributed by atoms with van der Waals surface area (Å²) in [6, 6.07) is 25.0. The number of rotatable bonds is 11. The van der Waals surface area contributed by atoms with Gasteiger partial charge in [-0.15, -0.1) is 0 Å². The second kappa shape index (κ2) is 12.6. The maximum Gasteiger partial charge on any atom is 0.194 e. The third kappa shape index (κ3) is 5.82. The molecule has 0 heterocycles. The zero-order valence-corrected chi connectivity index (χ0v) is 23.0. The number of methoxy groups -OCH3 is 4. The largest absolute Gasteiger partial charge is 0.493 e. The summed E-state index contributed by atoms with van der Waals surface area (Å²) < 4.78 is 21.9. The third-order valence-electron chi connectivity index (χ3n) is 5.75. The average Bonchev–Trinajstić information content (AvgIpc) is 2.99. The van der Waals surface area contributed by atoms with E-state index in [4.69, 9.17) is 18.9 Å². The standard InChI is InChI=1S/C30H26O6S2/c1-33-23-15-21(29(31)19-11-7-5-8-12-19)27(17-25(23)35-3)37-38-28-18-26(36-4)24(34-2)16-22(28)30(32)20-13-9-6-10-14-20/h5-18H,1-4H3. The molecule has 4 aromatic carbocycles. The Bertz CT molecular complexity index is 1330. The molecule has 0 aliphatic heterocycles. The van der Waals surface area contributed by atoms with Crippen molar-refractivity contribution in [3.8, 4) is 23.0 Å². The highest BCUT2D eigenvalue weighted by Crippen LogP contribution is 2.47. The van der Waals surface area contributed by atoms with Gasteiger partial charge in [0.2, 0.25) is 0 Å². The SMILES string of the molecule is COc1cc(SSc2cc(OC)c(OC)cc2C(=O)c2ccccc2)c(C(=O)c2ccccc2)cc1OC. The van der Waals surface area contributed by atoms with E-state index in [0.29, 0.717) is 55.0 Å². The van der Waals surface area contributed by atoms with Crippen molar-refractivity contribution in [3.63, 3.8) is 0 Å². The van der Waals surface area contributed by atoms with Crippen LogP contribution in [0.4, 0.5) is 0 Å². The van der Waals surface area contributed by atoms with Crippen LogP contribution in [0.25, 0.3) is 0 Å². The maximum absolute atomic E-state index is 13.5. The van der Waals surface area contributed by atoms with Crippen molar-refractivity contribution in [2.24, 2.45) is 0 Å². The molecule has 4 rings (SSSR count). The molecule has 0 radical (unpaired) electrons. The van der Waals surface area contributed by atoms with Gasteiger partial charge in [0, 0.05) is 32.0 Å². The minimum absolute atomic E-state index is 0.150. The highest BCUT2D eigenvalue weighted by Gasteiger charge is 2.22. The van der Waals surface area contributed by atoms with E-state index in [9.17, 15) is 9.59 Å². The molecule has 6 nitrogen and oxygen atoms in total. The highest BCUT2D eigenvalue weighted by atomic mass is 33.1. The lowest BCUT2D eigenvalue weighted by Crippen LogP contribution is -2.05. The fourth-order valence-electron chi connectivity index (χ4n) is 3.79. The molecule has 4 aromatic rings. The average molecular weight is 547 g/mol. The van der Waals surface area contributed by atoms with Gasteiger partial charge in [0.15, 0.2) is 34.6 Å². The predicted octanol–water partition coefficient (Wildman–Crippen LogP) is 6.98. The molecule has 0 aliphatic rings. The number of benzene rings is 4. The molecule has 0 aromatic heterocycles. The molecule has 0 bridgehead atoms. The van der Waals surface area contributed by atoms with E-state index in [0.717, 1.165) is 0 Å². The van der Waals surface area contributed by atoms with E-state index < -0.39 is 0 Å². The lowest BCUT2D eigenvalue weighted by molar-refractivity contribution is 0.102. The van der Waals surface area contributed by atoms with E-state index in [2.05, 4.69) is 0 Å². The number of hydrogen-bond donors (Lipinski definition) is 0. The monoisotopic (exact) mass is 546 g/mol. The lowest BCUT2D eigenvalue weighted by Gasteiger charge is -2.16. The van der Waals surface area contributed by atoms with E-state index in [-0.39, 0.29) is 11.6 Å². The summed E-state index contributed by atoms with van der Waals surface area (Å²) in [6.07, 6.45) is 0. The third-order valence-corrected chi connectivity index (χ3v) is 8.20. The highest BCUT2D eigenvalue weighted by molar-refractivity contribution is 8.76.